The Balaban J connectivity index is 2.35. The lowest BCUT2D eigenvalue weighted by molar-refractivity contribution is 1.12. The number of halogens is 1. The van der Waals surface area contributed by atoms with Gasteiger partial charge in [0.1, 0.15) is 5.82 Å². The molecule has 3 nitrogen and oxygen atoms in total. The van der Waals surface area contributed by atoms with Crippen molar-refractivity contribution in [3.8, 4) is 0 Å². The number of rotatable bonds is 2. The molecular formula is C13H14BrN3. The van der Waals surface area contributed by atoms with Gasteiger partial charge in [-0.15, -0.1) is 0 Å². The average Bonchev–Trinajstić information content (AvgIpc) is 2.28. The molecule has 2 heterocycles. The second-order valence-electron chi connectivity index (χ2n) is 4.00. The van der Waals surface area contributed by atoms with E-state index in [-0.39, 0.29) is 0 Å². The lowest BCUT2D eigenvalue weighted by Crippen LogP contribution is -1.99. The van der Waals surface area contributed by atoms with Crippen LogP contribution in [0.15, 0.2) is 28.9 Å². The minimum Gasteiger partial charge on any atom is -0.338 e. The highest BCUT2D eigenvalue weighted by Crippen LogP contribution is 2.27. The second-order valence-corrected chi connectivity index (χ2v) is 4.79. The van der Waals surface area contributed by atoms with Gasteiger partial charge in [-0.25, -0.2) is 4.98 Å². The lowest BCUT2D eigenvalue weighted by Gasteiger charge is -2.11. The van der Waals surface area contributed by atoms with Crippen LogP contribution in [0.5, 0.6) is 0 Å². The zero-order valence-corrected chi connectivity index (χ0v) is 11.7. The molecule has 1 N–H and O–H groups in total. The van der Waals surface area contributed by atoms with Crippen molar-refractivity contribution in [2.45, 2.75) is 20.8 Å². The number of pyridine rings is 2. The van der Waals surface area contributed by atoms with Crippen LogP contribution in [0.2, 0.25) is 0 Å². The third-order valence-corrected chi connectivity index (χ3v) is 3.56. The van der Waals surface area contributed by atoms with Gasteiger partial charge >= 0.3 is 0 Å². The van der Waals surface area contributed by atoms with Crippen molar-refractivity contribution >= 4 is 27.4 Å². The van der Waals surface area contributed by atoms with Crippen molar-refractivity contribution in [1.29, 1.82) is 0 Å². The molecule has 2 rings (SSSR count). The molecule has 0 bridgehead atoms. The van der Waals surface area contributed by atoms with E-state index in [0.717, 1.165) is 32.9 Å². The highest BCUT2D eigenvalue weighted by molar-refractivity contribution is 9.10. The van der Waals surface area contributed by atoms with Crippen molar-refractivity contribution in [3.63, 3.8) is 0 Å². The van der Waals surface area contributed by atoms with E-state index in [0.29, 0.717) is 0 Å². The minimum absolute atomic E-state index is 0.818. The molecule has 0 unspecified atom stereocenters. The largest absolute Gasteiger partial charge is 0.338 e. The fraction of sp³-hybridized carbons (Fsp3) is 0.231. The van der Waals surface area contributed by atoms with E-state index in [1.54, 1.807) is 6.20 Å². The van der Waals surface area contributed by atoms with Crippen LogP contribution in [0.3, 0.4) is 0 Å². The molecule has 17 heavy (non-hydrogen) atoms. The molecule has 0 aliphatic heterocycles. The van der Waals surface area contributed by atoms with Gasteiger partial charge in [0.15, 0.2) is 0 Å². The van der Waals surface area contributed by atoms with Gasteiger partial charge in [0.25, 0.3) is 0 Å². The predicted octanol–water partition coefficient (Wildman–Crippen LogP) is 3.91. The van der Waals surface area contributed by atoms with Crippen molar-refractivity contribution in [3.05, 3.63) is 45.8 Å². The van der Waals surface area contributed by atoms with Crippen LogP contribution in [-0.4, -0.2) is 9.97 Å². The Labute approximate surface area is 109 Å². The number of aromatic nitrogens is 2. The first-order valence-corrected chi connectivity index (χ1v) is 6.19. The Morgan fingerprint density at radius 2 is 1.88 bits per heavy atom. The summed E-state index contributed by atoms with van der Waals surface area (Å²) >= 11 is 3.53. The Morgan fingerprint density at radius 1 is 1.12 bits per heavy atom. The summed E-state index contributed by atoms with van der Waals surface area (Å²) in [6, 6.07) is 5.97. The van der Waals surface area contributed by atoms with E-state index in [2.05, 4.69) is 31.2 Å². The zero-order chi connectivity index (χ0) is 12.4. The number of aryl methyl sites for hydroxylation is 3. The summed E-state index contributed by atoms with van der Waals surface area (Å²) in [5.41, 5.74) is 4.12. The molecule has 0 spiro atoms. The fourth-order valence-corrected chi connectivity index (χ4v) is 1.91. The first-order valence-electron chi connectivity index (χ1n) is 5.40. The summed E-state index contributed by atoms with van der Waals surface area (Å²) in [5, 5.41) is 3.29. The van der Waals surface area contributed by atoms with Crippen molar-refractivity contribution in [1.82, 2.24) is 9.97 Å². The van der Waals surface area contributed by atoms with Gasteiger partial charge in [0.2, 0.25) is 0 Å². The minimum atomic E-state index is 0.818. The molecule has 0 saturated carbocycles. The molecule has 0 aliphatic rings. The van der Waals surface area contributed by atoms with Crippen LogP contribution in [0, 0.1) is 20.8 Å². The van der Waals surface area contributed by atoms with Crippen LogP contribution in [0.25, 0.3) is 0 Å². The van der Waals surface area contributed by atoms with Crippen molar-refractivity contribution in [2.24, 2.45) is 0 Å². The van der Waals surface area contributed by atoms with Crippen molar-refractivity contribution < 1.29 is 0 Å². The van der Waals surface area contributed by atoms with E-state index in [1.165, 1.54) is 0 Å². The molecule has 0 atom stereocenters. The SMILES string of the molecule is Cc1ccc(Nc2nccc(C)c2Br)c(C)n1. The van der Waals surface area contributed by atoms with E-state index in [4.69, 9.17) is 0 Å². The third-order valence-electron chi connectivity index (χ3n) is 2.56. The maximum absolute atomic E-state index is 4.42. The molecule has 0 saturated heterocycles. The molecule has 0 amide bonds. The molecule has 2 aromatic heterocycles. The van der Waals surface area contributed by atoms with E-state index in [9.17, 15) is 0 Å². The number of anilines is 2. The summed E-state index contributed by atoms with van der Waals surface area (Å²) < 4.78 is 0.986. The lowest BCUT2D eigenvalue weighted by atomic mass is 10.2. The smallest absolute Gasteiger partial charge is 0.144 e. The van der Waals surface area contributed by atoms with Gasteiger partial charge in [0.05, 0.1) is 15.9 Å². The molecule has 2 aromatic rings. The number of nitrogens with one attached hydrogen (secondary N) is 1. The summed E-state index contributed by atoms with van der Waals surface area (Å²) in [5.74, 6) is 0.818. The monoisotopic (exact) mass is 291 g/mol. The number of hydrogen-bond acceptors (Lipinski definition) is 3. The zero-order valence-electron chi connectivity index (χ0n) is 10.1. The second kappa shape index (κ2) is 4.84. The number of nitrogens with zero attached hydrogens (tertiary/aromatic N) is 2. The van der Waals surface area contributed by atoms with E-state index < -0.39 is 0 Å². The molecule has 0 fully saturated rings. The molecule has 4 heteroatoms. The summed E-state index contributed by atoms with van der Waals surface area (Å²) in [4.78, 5) is 8.73. The summed E-state index contributed by atoms with van der Waals surface area (Å²) in [6.45, 7) is 6.01. The molecule has 0 aromatic carbocycles. The molecule has 88 valence electrons. The first kappa shape index (κ1) is 12.0. The highest BCUT2D eigenvalue weighted by atomic mass is 79.9. The molecule has 0 radical (unpaired) electrons. The Hall–Kier alpha value is -1.42. The third kappa shape index (κ3) is 2.64. The van der Waals surface area contributed by atoms with Crippen LogP contribution < -0.4 is 5.32 Å². The van der Waals surface area contributed by atoms with Gasteiger partial charge in [-0.2, -0.15) is 0 Å². The van der Waals surface area contributed by atoms with Gasteiger partial charge in [0, 0.05) is 11.9 Å². The van der Waals surface area contributed by atoms with Gasteiger partial charge in [-0.3, -0.25) is 4.98 Å². The maximum atomic E-state index is 4.42. The topological polar surface area (TPSA) is 37.8 Å². The van der Waals surface area contributed by atoms with Crippen LogP contribution >= 0.6 is 15.9 Å². The van der Waals surface area contributed by atoms with Gasteiger partial charge in [-0.1, -0.05) is 0 Å². The summed E-state index contributed by atoms with van der Waals surface area (Å²) in [7, 11) is 0. The van der Waals surface area contributed by atoms with E-state index in [1.807, 2.05) is 39.0 Å². The van der Waals surface area contributed by atoms with E-state index >= 15 is 0 Å². The first-order chi connectivity index (χ1) is 8.08. The standard InChI is InChI=1S/C13H14BrN3/c1-8-6-7-15-13(12(8)14)17-11-5-4-9(2)16-10(11)3/h4-7H,1-3H3,(H,15,17). The highest BCUT2D eigenvalue weighted by Gasteiger charge is 2.06. The summed E-state index contributed by atoms with van der Waals surface area (Å²) in [6.07, 6.45) is 1.79. The molecular weight excluding hydrogens is 278 g/mol. The maximum Gasteiger partial charge on any atom is 0.144 e. The Kier molecular flexibility index (Phi) is 3.43. The van der Waals surface area contributed by atoms with Crippen LogP contribution in [0.1, 0.15) is 17.0 Å². The van der Waals surface area contributed by atoms with Crippen LogP contribution in [0.4, 0.5) is 11.5 Å². The van der Waals surface area contributed by atoms with Gasteiger partial charge < -0.3 is 5.32 Å². The van der Waals surface area contributed by atoms with Gasteiger partial charge in [-0.05, 0) is 60.5 Å². The quantitative estimate of drug-likeness (QED) is 0.912. The normalized spacial score (nSPS) is 10.4. The van der Waals surface area contributed by atoms with Crippen molar-refractivity contribution in [2.75, 3.05) is 5.32 Å². The fourth-order valence-electron chi connectivity index (χ4n) is 1.57. The average molecular weight is 292 g/mol. The molecule has 0 aliphatic carbocycles. The number of hydrogen-bond donors (Lipinski definition) is 1. The predicted molar refractivity (Wildman–Crippen MR) is 73.7 cm³/mol. The Bertz CT molecular complexity index is 552. The Morgan fingerprint density at radius 3 is 2.59 bits per heavy atom. The van der Waals surface area contributed by atoms with Crippen LogP contribution in [-0.2, 0) is 0 Å².